The smallest absolute Gasteiger partial charge is 0.264 e. The molecule has 32 heavy (non-hydrogen) atoms. The zero-order valence-corrected chi connectivity index (χ0v) is 19.6. The third kappa shape index (κ3) is 4.81. The van der Waals surface area contributed by atoms with Gasteiger partial charge in [-0.05, 0) is 54.4 Å². The fraction of sp³-hybridized carbons (Fsp3) is 0.136. The van der Waals surface area contributed by atoms with Gasteiger partial charge >= 0.3 is 0 Å². The first kappa shape index (κ1) is 22.7. The van der Waals surface area contributed by atoms with E-state index in [9.17, 15) is 13.2 Å². The normalized spacial score (nSPS) is 13.0. The summed E-state index contributed by atoms with van der Waals surface area (Å²) in [5.74, 6) is -0.267. The first-order valence-electron chi connectivity index (χ1n) is 9.53. The number of fused-ring (bicyclic) bond motifs is 1. The zero-order chi connectivity index (χ0) is 22.9. The molecule has 0 saturated heterocycles. The Morgan fingerprint density at radius 1 is 1.00 bits per heavy atom. The fourth-order valence-electron chi connectivity index (χ4n) is 3.41. The topological polar surface area (TPSA) is 75.7 Å². The minimum Gasteiger partial charge on any atom is -0.482 e. The van der Waals surface area contributed by atoms with Crippen LogP contribution in [0.15, 0.2) is 65.6 Å². The molecule has 10 heteroatoms. The van der Waals surface area contributed by atoms with E-state index in [0.717, 1.165) is 5.56 Å². The predicted molar refractivity (Wildman–Crippen MR) is 127 cm³/mol. The maximum absolute atomic E-state index is 13.1. The number of ether oxygens (including phenoxy) is 1. The van der Waals surface area contributed by atoms with Crippen LogP contribution < -0.4 is 14.4 Å². The van der Waals surface area contributed by atoms with Crippen molar-refractivity contribution >= 4 is 62.1 Å². The van der Waals surface area contributed by atoms with Crippen LogP contribution in [0.25, 0.3) is 0 Å². The lowest BCUT2D eigenvalue weighted by molar-refractivity contribution is -0.118. The van der Waals surface area contributed by atoms with Crippen molar-refractivity contribution in [2.24, 2.45) is 0 Å². The van der Waals surface area contributed by atoms with E-state index in [-0.39, 0.29) is 22.3 Å². The molecule has 1 amide bonds. The number of rotatable bonds is 6. The van der Waals surface area contributed by atoms with E-state index in [4.69, 9.17) is 39.5 Å². The molecular formula is C22H17Cl3N2O4S. The summed E-state index contributed by atoms with van der Waals surface area (Å²) in [5, 5.41) is 3.46. The standard InChI is InChI=1S/C22H17Cl3N2O4S/c23-15-9-16(24)11-17(10-15)26-22(28)13-31-21-6-5-18(12-19(21)25)32(29,30)27-8-7-14-3-1-2-4-20(14)27/h1-6,9-12H,7-8,13H2,(H,26,28). The molecule has 0 aromatic heterocycles. The number of carbonyl (C=O) groups is 1. The molecule has 1 aliphatic rings. The Morgan fingerprint density at radius 2 is 1.72 bits per heavy atom. The Kier molecular flexibility index (Phi) is 6.53. The number of hydrogen-bond donors (Lipinski definition) is 1. The summed E-state index contributed by atoms with van der Waals surface area (Å²) in [6, 6.07) is 16.2. The van der Waals surface area contributed by atoms with Gasteiger partial charge in [-0.15, -0.1) is 0 Å². The van der Waals surface area contributed by atoms with E-state index < -0.39 is 15.9 Å². The maximum Gasteiger partial charge on any atom is 0.264 e. The molecule has 0 fully saturated rings. The highest BCUT2D eigenvalue weighted by Gasteiger charge is 2.31. The number of anilines is 2. The van der Waals surface area contributed by atoms with E-state index in [2.05, 4.69) is 5.32 Å². The minimum atomic E-state index is -3.78. The lowest BCUT2D eigenvalue weighted by Gasteiger charge is -2.20. The van der Waals surface area contributed by atoms with Crippen molar-refractivity contribution in [1.29, 1.82) is 0 Å². The monoisotopic (exact) mass is 510 g/mol. The molecule has 0 saturated carbocycles. The molecule has 0 unspecified atom stereocenters. The van der Waals surface area contributed by atoms with Crippen LogP contribution >= 0.6 is 34.8 Å². The van der Waals surface area contributed by atoms with Gasteiger partial charge in [-0.3, -0.25) is 9.10 Å². The summed E-state index contributed by atoms with van der Waals surface area (Å²) >= 11 is 18.1. The molecule has 3 aromatic carbocycles. The Morgan fingerprint density at radius 3 is 2.44 bits per heavy atom. The van der Waals surface area contributed by atoms with Crippen LogP contribution in [0.4, 0.5) is 11.4 Å². The molecule has 4 rings (SSSR count). The van der Waals surface area contributed by atoms with E-state index in [1.807, 2.05) is 12.1 Å². The Hall–Kier alpha value is -2.45. The summed E-state index contributed by atoms with van der Waals surface area (Å²) in [6.07, 6.45) is 0.650. The number of hydrogen-bond acceptors (Lipinski definition) is 4. The second kappa shape index (κ2) is 9.19. The SMILES string of the molecule is O=C(COc1ccc(S(=O)(=O)N2CCc3ccccc32)cc1Cl)Nc1cc(Cl)cc(Cl)c1. The van der Waals surface area contributed by atoms with Gasteiger partial charge < -0.3 is 10.1 Å². The van der Waals surface area contributed by atoms with Gasteiger partial charge in [0.25, 0.3) is 15.9 Å². The summed E-state index contributed by atoms with van der Waals surface area (Å²) < 4.78 is 33.1. The van der Waals surface area contributed by atoms with Gasteiger partial charge in [-0.2, -0.15) is 0 Å². The maximum atomic E-state index is 13.1. The quantitative estimate of drug-likeness (QED) is 0.480. The molecule has 6 nitrogen and oxygen atoms in total. The van der Waals surface area contributed by atoms with Crippen LogP contribution in [0.5, 0.6) is 5.75 Å². The van der Waals surface area contributed by atoms with Crippen LogP contribution in [0.1, 0.15) is 5.56 Å². The second-order valence-electron chi connectivity index (χ2n) is 7.04. The van der Waals surface area contributed by atoms with Crippen molar-refractivity contribution in [3.05, 3.63) is 81.3 Å². The van der Waals surface area contributed by atoms with Crippen molar-refractivity contribution < 1.29 is 17.9 Å². The number of amides is 1. The van der Waals surface area contributed by atoms with E-state index in [1.165, 1.54) is 22.5 Å². The molecule has 0 atom stereocenters. The average molecular weight is 512 g/mol. The molecule has 0 radical (unpaired) electrons. The van der Waals surface area contributed by atoms with Crippen LogP contribution in [0.2, 0.25) is 15.1 Å². The highest BCUT2D eigenvalue weighted by Crippen LogP contribution is 2.35. The summed E-state index contributed by atoms with van der Waals surface area (Å²) in [4.78, 5) is 12.2. The van der Waals surface area contributed by atoms with Gasteiger partial charge in [0.1, 0.15) is 5.75 Å². The molecule has 1 heterocycles. The number of nitrogens with one attached hydrogen (secondary N) is 1. The van der Waals surface area contributed by atoms with Crippen molar-refractivity contribution in [2.75, 3.05) is 22.8 Å². The molecular weight excluding hydrogens is 495 g/mol. The highest BCUT2D eigenvalue weighted by molar-refractivity contribution is 7.92. The van der Waals surface area contributed by atoms with Gasteiger partial charge in [0.15, 0.2) is 6.61 Å². The zero-order valence-electron chi connectivity index (χ0n) is 16.5. The van der Waals surface area contributed by atoms with Gasteiger partial charge in [0, 0.05) is 22.3 Å². The van der Waals surface area contributed by atoms with E-state index in [0.29, 0.717) is 34.4 Å². The third-order valence-electron chi connectivity index (χ3n) is 4.84. The third-order valence-corrected chi connectivity index (χ3v) is 7.38. The molecule has 1 N–H and O–H groups in total. The van der Waals surface area contributed by atoms with Gasteiger partial charge in [-0.1, -0.05) is 53.0 Å². The van der Waals surface area contributed by atoms with Crippen LogP contribution in [-0.2, 0) is 21.2 Å². The lowest BCUT2D eigenvalue weighted by Crippen LogP contribution is -2.29. The molecule has 0 aliphatic carbocycles. The number of nitrogens with zero attached hydrogens (tertiary/aromatic N) is 1. The second-order valence-corrected chi connectivity index (χ2v) is 10.2. The number of para-hydroxylation sites is 1. The lowest BCUT2D eigenvalue weighted by atomic mass is 10.2. The fourth-order valence-corrected chi connectivity index (χ4v) is 5.77. The average Bonchev–Trinajstić information content (AvgIpc) is 3.17. The highest BCUT2D eigenvalue weighted by atomic mass is 35.5. The number of benzene rings is 3. The van der Waals surface area contributed by atoms with Crippen molar-refractivity contribution in [2.45, 2.75) is 11.3 Å². The molecule has 3 aromatic rings. The van der Waals surface area contributed by atoms with E-state index >= 15 is 0 Å². The Balaban J connectivity index is 1.45. The first-order valence-corrected chi connectivity index (χ1v) is 12.1. The first-order chi connectivity index (χ1) is 15.2. The van der Waals surface area contributed by atoms with Crippen LogP contribution in [-0.4, -0.2) is 27.5 Å². The van der Waals surface area contributed by atoms with Crippen molar-refractivity contribution in [1.82, 2.24) is 0 Å². The largest absolute Gasteiger partial charge is 0.482 e. The number of halogens is 3. The Labute approximate surface area is 200 Å². The minimum absolute atomic E-state index is 0.0459. The predicted octanol–water partition coefficient (Wildman–Crippen LogP) is 5.42. The van der Waals surface area contributed by atoms with Crippen LogP contribution in [0, 0.1) is 0 Å². The van der Waals surface area contributed by atoms with Gasteiger partial charge in [-0.25, -0.2) is 8.42 Å². The van der Waals surface area contributed by atoms with Crippen LogP contribution in [0.3, 0.4) is 0 Å². The molecule has 0 spiro atoms. The van der Waals surface area contributed by atoms with E-state index in [1.54, 1.807) is 30.3 Å². The Bertz CT molecular complexity index is 1280. The molecule has 1 aliphatic heterocycles. The molecule has 166 valence electrons. The summed E-state index contributed by atoms with van der Waals surface area (Å²) in [6.45, 7) is 0.0285. The summed E-state index contributed by atoms with van der Waals surface area (Å²) in [7, 11) is -3.78. The van der Waals surface area contributed by atoms with Crippen molar-refractivity contribution in [3.63, 3.8) is 0 Å². The number of carbonyl (C=O) groups excluding carboxylic acids is 1. The van der Waals surface area contributed by atoms with Crippen molar-refractivity contribution in [3.8, 4) is 5.75 Å². The van der Waals surface area contributed by atoms with Gasteiger partial charge in [0.05, 0.1) is 15.6 Å². The summed E-state index contributed by atoms with van der Waals surface area (Å²) in [5.41, 5.74) is 2.07. The molecule has 0 bridgehead atoms. The van der Waals surface area contributed by atoms with Gasteiger partial charge in [0.2, 0.25) is 0 Å². The number of sulfonamides is 1.